The summed E-state index contributed by atoms with van der Waals surface area (Å²) in [4.78, 5) is 38.0. The molecule has 0 bridgehead atoms. The first-order chi connectivity index (χ1) is 20.7. The van der Waals surface area contributed by atoms with Gasteiger partial charge in [0.1, 0.15) is 24.3 Å². The molecule has 0 radical (unpaired) electrons. The quantitative estimate of drug-likeness (QED) is 0.231. The van der Waals surface area contributed by atoms with Crippen molar-refractivity contribution in [1.29, 1.82) is 0 Å². The lowest BCUT2D eigenvalue weighted by atomic mass is 9.91. The van der Waals surface area contributed by atoms with Crippen LogP contribution in [0.1, 0.15) is 48.8 Å². The van der Waals surface area contributed by atoms with Gasteiger partial charge in [-0.05, 0) is 56.8 Å². The second-order valence-corrected chi connectivity index (χ2v) is 12.0. The van der Waals surface area contributed by atoms with Gasteiger partial charge in [0.05, 0.1) is 5.69 Å². The Kier molecular flexibility index (Phi) is 9.27. The molecule has 3 N–H and O–H groups in total. The van der Waals surface area contributed by atoms with Crippen LogP contribution in [0.5, 0.6) is 0 Å². The van der Waals surface area contributed by atoms with E-state index in [1.165, 1.54) is 12.7 Å². The summed E-state index contributed by atoms with van der Waals surface area (Å²) < 4.78 is 0. The van der Waals surface area contributed by atoms with Gasteiger partial charge in [-0.1, -0.05) is 26.8 Å². The SMILES string of the molecule is Cc1ccc(C(=O)Nc2ccnc(C(C)(C)C)c2)cc1N(c1cc(NCCCN2CCN(C)CC2)ncn1)c1ncn[nH]1. The molecule has 1 aliphatic rings. The second-order valence-electron chi connectivity index (χ2n) is 12.0. The van der Waals surface area contributed by atoms with Crippen LogP contribution in [0.15, 0.2) is 55.2 Å². The molecule has 0 aliphatic carbocycles. The third-order valence-electron chi connectivity index (χ3n) is 7.55. The van der Waals surface area contributed by atoms with Gasteiger partial charge in [-0.15, -0.1) is 0 Å². The van der Waals surface area contributed by atoms with Crippen molar-refractivity contribution in [3.63, 3.8) is 0 Å². The third kappa shape index (κ3) is 7.70. The highest BCUT2D eigenvalue weighted by Gasteiger charge is 2.22. The summed E-state index contributed by atoms with van der Waals surface area (Å²) in [6, 6.07) is 11.2. The first-order valence-corrected chi connectivity index (χ1v) is 14.7. The van der Waals surface area contributed by atoms with Crippen molar-refractivity contribution in [2.45, 2.75) is 39.5 Å². The number of nitrogens with one attached hydrogen (secondary N) is 3. The Morgan fingerprint density at radius 2 is 1.81 bits per heavy atom. The van der Waals surface area contributed by atoms with E-state index >= 15 is 0 Å². The Morgan fingerprint density at radius 1 is 1.00 bits per heavy atom. The van der Waals surface area contributed by atoms with E-state index in [1.807, 2.05) is 42.2 Å². The van der Waals surface area contributed by atoms with Crippen LogP contribution in [0, 0.1) is 6.92 Å². The molecule has 0 spiro atoms. The van der Waals surface area contributed by atoms with Crippen molar-refractivity contribution < 1.29 is 4.79 Å². The zero-order chi connectivity index (χ0) is 30.4. The fourth-order valence-electron chi connectivity index (χ4n) is 4.92. The number of aromatic nitrogens is 6. The molecule has 12 nitrogen and oxygen atoms in total. The van der Waals surface area contributed by atoms with Gasteiger partial charge in [0, 0.05) is 67.3 Å². The lowest BCUT2D eigenvalue weighted by molar-refractivity contribution is 0.102. The molecule has 1 amide bonds. The van der Waals surface area contributed by atoms with Crippen LogP contribution in [-0.2, 0) is 5.41 Å². The maximum atomic E-state index is 13.4. The lowest BCUT2D eigenvalue weighted by Gasteiger charge is -2.32. The molecule has 4 aromatic rings. The zero-order valence-electron chi connectivity index (χ0n) is 25.6. The number of amides is 1. The van der Waals surface area contributed by atoms with Gasteiger partial charge in [0.15, 0.2) is 0 Å². The summed E-state index contributed by atoms with van der Waals surface area (Å²) in [5.74, 6) is 1.56. The minimum Gasteiger partial charge on any atom is -0.370 e. The van der Waals surface area contributed by atoms with Gasteiger partial charge in [-0.25, -0.2) is 15.1 Å². The number of aryl methyl sites for hydroxylation is 1. The molecule has 43 heavy (non-hydrogen) atoms. The number of benzene rings is 1. The highest BCUT2D eigenvalue weighted by Crippen LogP contribution is 2.34. The molecule has 1 fully saturated rings. The maximum absolute atomic E-state index is 13.4. The average molecular weight is 584 g/mol. The number of rotatable bonds is 10. The third-order valence-corrected chi connectivity index (χ3v) is 7.55. The predicted octanol–water partition coefficient (Wildman–Crippen LogP) is 4.37. The lowest BCUT2D eigenvalue weighted by Crippen LogP contribution is -2.44. The molecule has 4 heterocycles. The number of H-pyrrole nitrogens is 1. The summed E-state index contributed by atoms with van der Waals surface area (Å²) in [6.45, 7) is 14.6. The summed E-state index contributed by atoms with van der Waals surface area (Å²) in [6.07, 6.45) is 5.71. The number of nitrogens with zero attached hydrogens (tertiary/aromatic N) is 8. The molecule has 0 unspecified atom stereocenters. The van der Waals surface area contributed by atoms with E-state index in [9.17, 15) is 4.79 Å². The Hall–Kier alpha value is -4.42. The van der Waals surface area contributed by atoms with E-state index < -0.39 is 0 Å². The average Bonchev–Trinajstić information content (AvgIpc) is 3.52. The van der Waals surface area contributed by atoms with Crippen LogP contribution in [0.4, 0.5) is 29.0 Å². The number of carbonyl (C=O) groups excluding carboxylic acids is 1. The van der Waals surface area contributed by atoms with E-state index in [0.29, 0.717) is 28.8 Å². The van der Waals surface area contributed by atoms with Gasteiger partial charge >= 0.3 is 0 Å². The maximum Gasteiger partial charge on any atom is 0.255 e. The monoisotopic (exact) mass is 583 g/mol. The van der Waals surface area contributed by atoms with E-state index in [0.717, 1.165) is 62.6 Å². The van der Waals surface area contributed by atoms with Gasteiger partial charge in [0.2, 0.25) is 5.95 Å². The minimum absolute atomic E-state index is 0.134. The number of carbonyl (C=O) groups is 1. The van der Waals surface area contributed by atoms with E-state index in [1.54, 1.807) is 12.3 Å². The van der Waals surface area contributed by atoms with Crippen LogP contribution in [0.3, 0.4) is 0 Å². The molecule has 12 heteroatoms. The van der Waals surface area contributed by atoms with Crippen molar-refractivity contribution in [2.75, 3.05) is 61.8 Å². The number of aromatic amines is 1. The van der Waals surface area contributed by atoms with E-state index in [2.05, 4.69) is 78.4 Å². The number of hydrogen-bond acceptors (Lipinski definition) is 10. The number of piperazine rings is 1. The van der Waals surface area contributed by atoms with Gasteiger partial charge in [-0.3, -0.25) is 14.7 Å². The highest BCUT2D eigenvalue weighted by molar-refractivity contribution is 6.05. The van der Waals surface area contributed by atoms with Crippen molar-refractivity contribution >= 4 is 34.9 Å². The smallest absolute Gasteiger partial charge is 0.255 e. The summed E-state index contributed by atoms with van der Waals surface area (Å²) in [5.41, 5.74) is 3.64. The van der Waals surface area contributed by atoms with Crippen LogP contribution in [-0.4, -0.2) is 92.2 Å². The standard InChI is InChI=1S/C31H41N11O/c1-22-7-8-23(29(43)38-24-9-11-32-26(18-24)31(2,3)4)17-25(22)42(30-36-21-37-39-30)28-19-27(34-20-35-28)33-10-6-12-41-15-13-40(5)14-16-41/h7-9,11,17-21H,6,10,12-16H2,1-5H3,(H,32,38,43)(H,33,34,35)(H,36,37,39). The fourth-order valence-corrected chi connectivity index (χ4v) is 4.92. The van der Waals surface area contributed by atoms with Crippen LogP contribution in [0.2, 0.25) is 0 Å². The molecular weight excluding hydrogens is 542 g/mol. The van der Waals surface area contributed by atoms with E-state index in [-0.39, 0.29) is 11.3 Å². The summed E-state index contributed by atoms with van der Waals surface area (Å²) in [5, 5.41) is 13.5. The first-order valence-electron chi connectivity index (χ1n) is 14.7. The largest absolute Gasteiger partial charge is 0.370 e. The van der Waals surface area contributed by atoms with E-state index in [4.69, 9.17) is 0 Å². The molecule has 0 atom stereocenters. The summed E-state index contributed by atoms with van der Waals surface area (Å²) in [7, 11) is 2.17. The number of likely N-dealkylation sites (N-methyl/N-ethyl adjacent to an activating group) is 1. The molecule has 3 aromatic heterocycles. The minimum atomic E-state index is -0.227. The summed E-state index contributed by atoms with van der Waals surface area (Å²) >= 11 is 0. The van der Waals surface area contributed by atoms with Gasteiger partial charge in [-0.2, -0.15) is 10.1 Å². The van der Waals surface area contributed by atoms with Crippen LogP contribution in [0.25, 0.3) is 0 Å². The molecule has 226 valence electrons. The Labute approximate surface area is 253 Å². The number of pyridine rings is 1. The molecule has 5 rings (SSSR count). The highest BCUT2D eigenvalue weighted by atomic mass is 16.1. The van der Waals surface area contributed by atoms with Crippen molar-refractivity contribution in [3.8, 4) is 0 Å². The van der Waals surface area contributed by atoms with Crippen LogP contribution < -0.4 is 15.5 Å². The Morgan fingerprint density at radius 3 is 2.56 bits per heavy atom. The Bertz CT molecular complexity index is 1510. The molecule has 1 aliphatic heterocycles. The Balaban J connectivity index is 1.34. The van der Waals surface area contributed by atoms with Crippen LogP contribution >= 0.6 is 0 Å². The van der Waals surface area contributed by atoms with Crippen molar-refractivity contribution in [3.05, 3.63) is 72.1 Å². The molecule has 1 aromatic carbocycles. The number of anilines is 5. The normalized spacial score (nSPS) is 14.4. The molecule has 1 saturated heterocycles. The topological polar surface area (TPSA) is 131 Å². The first kappa shape index (κ1) is 30.1. The molecular formula is C31H41N11O. The molecule has 0 saturated carbocycles. The van der Waals surface area contributed by atoms with Crippen molar-refractivity contribution in [2.24, 2.45) is 0 Å². The van der Waals surface area contributed by atoms with Gasteiger partial charge < -0.3 is 20.4 Å². The second kappa shape index (κ2) is 13.3. The zero-order valence-corrected chi connectivity index (χ0v) is 25.6. The fraction of sp³-hybridized carbons (Fsp3) is 0.419. The number of hydrogen-bond donors (Lipinski definition) is 3. The van der Waals surface area contributed by atoms with Gasteiger partial charge in [0.25, 0.3) is 5.91 Å². The van der Waals surface area contributed by atoms with Crippen molar-refractivity contribution in [1.82, 2.24) is 39.9 Å². The predicted molar refractivity (Wildman–Crippen MR) is 169 cm³/mol.